The highest BCUT2D eigenvalue weighted by molar-refractivity contribution is 6.05. The van der Waals surface area contributed by atoms with Crippen molar-refractivity contribution in [2.24, 2.45) is 0 Å². The second-order valence-corrected chi connectivity index (χ2v) is 6.06. The third-order valence-electron chi connectivity index (χ3n) is 4.00. The number of hydrogen-bond donors (Lipinski definition) is 0. The molecule has 0 aliphatic rings. The van der Waals surface area contributed by atoms with Gasteiger partial charge in [0.15, 0.2) is 0 Å². The fraction of sp³-hybridized carbons (Fsp3) is 0.389. The molecule has 1 aromatic carbocycles. The Morgan fingerprint density at radius 2 is 1.96 bits per heavy atom. The van der Waals surface area contributed by atoms with Gasteiger partial charge < -0.3 is 18.5 Å². The van der Waals surface area contributed by atoms with E-state index in [9.17, 15) is 4.79 Å². The molecule has 122 valence electrons. The van der Waals surface area contributed by atoms with E-state index < -0.39 is 0 Å². The molecule has 0 saturated carbocycles. The number of aryl methyl sites for hydroxylation is 2. The van der Waals surface area contributed by atoms with Gasteiger partial charge in [0.05, 0.1) is 18.6 Å². The Bertz CT molecular complexity index is 905. The van der Waals surface area contributed by atoms with E-state index in [1.165, 1.54) is 6.07 Å². The Kier molecular flexibility index (Phi) is 4.24. The van der Waals surface area contributed by atoms with E-state index in [4.69, 9.17) is 13.6 Å². The summed E-state index contributed by atoms with van der Waals surface area (Å²) in [4.78, 5) is 13.8. The average Bonchev–Trinajstić information content (AvgIpc) is 2.79. The second kappa shape index (κ2) is 6.18. The number of hydrogen-bond acceptors (Lipinski definition) is 5. The van der Waals surface area contributed by atoms with Crippen molar-refractivity contribution in [1.82, 2.24) is 4.90 Å². The molecule has 3 rings (SSSR count). The van der Waals surface area contributed by atoms with Crippen LogP contribution in [0.1, 0.15) is 16.9 Å². The number of benzene rings is 1. The molecule has 5 heteroatoms. The molecule has 23 heavy (non-hydrogen) atoms. The van der Waals surface area contributed by atoms with Crippen LogP contribution >= 0.6 is 0 Å². The van der Waals surface area contributed by atoms with Crippen molar-refractivity contribution < 1.29 is 13.6 Å². The van der Waals surface area contributed by atoms with E-state index in [1.54, 1.807) is 0 Å². The summed E-state index contributed by atoms with van der Waals surface area (Å²) in [5.74, 6) is 0.793. The predicted octanol–water partition coefficient (Wildman–Crippen LogP) is 3.23. The first-order chi connectivity index (χ1) is 11.0. The smallest absolute Gasteiger partial charge is 0.336 e. The quantitative estimate of drug-likeness (QED) is 0.534. The Labute approximate surface area is 134 Å². The van der Waals surface area contributed by atoms with Gasteiger partial charge in [-0.1, -0.05) is 0 Å². The Balaban J connectivity index is 2.08. The van der Waals surface area contributed by atoms with E-state index in [-0.39, 0.29) is 5.63 Å². The van der Waals surface area contributed by atoms with Crippen LogP contribution in [0.4, 0.5) is 0 Å². The normalized spacial score (nSPS) is 11.9. The third-order valence-corrected chi connectivity index (χ3v) is 4.00. The van der Waals surface area contributed by atoms with Crippen LogP contribution in [0.5, 0.6) is 0 Å². The lowest BCUT2D eigenvalue weighted by atomic mass is 10.1. The van der Waals surface area contributed by atoms with E-state index in [0.717, 1.165) is 39.8 Å². The summed E-state index contributed by atoms with van der Waals surface area (Å²) in [5.41, 5.74) is 2.79. The highest BCUT2D eigenvalue weighted by atomic mass is 16.5. The van der Waals surface area contributed by atoms with Crippen LogP contribution in [0.2, 0.25) is 0 Å². The van der Waals surface area contributed by atoms with Gasteiger partial charge in [0.25, 0.3) is 0 Å². The molecule has 0 N–H and O–H groups in total. The summed E-state index contributed by atoms with van der Waals surface area (Å²) in [6.07, 6.45) is 0. The van der Waals surface area contributed by atoms with Crippen LogP contribution in [0.25, 0.3) is 21.9 Å². The summed E-state index contributed by atoms with van der Waals surface area (Å²) in [7, 11) is 4.01. The molecule has 0 aliphatic carbocycles. The van der Waals surface area contributed by atoms with Crippen molar-refractivity contribution >= 4 is 21.9 Å². The van der Waals surface area contributed by atoms with Crippen LogP contribution in [0.15, 0.2) is 31.8 Å². The minimum absolute atomic E-state index is 0.346. The topological polar surface area (TPSA) is 55.8 Å². The van der Waals surface area contributed by atoms with Gasteiger partial charge in [-0.15, -0.1) is 0 Å². The van der Waals surface area contributed by atoms with Crippen molar-refractivity contribution in [3.63, 3.8) is 0 Å². The van der Waals surface area contributed by atoms with Crippen LogP contribution in [-0.2, 0) is 11.3 Å². The predicted molar refractivity (Wildman–Crippen MR) is 89.9 cm³/mol. The lowest BCUT2D eigenvalue weighted by Crippen LogP contribution is -2.17. The summed E-state index contributed by atoms with van der Waals surface area (Å²) in [5, 5.41) is 1.76. The lowest BCUT2D eigenvalue weighted by Gasteiger charge is -2.10. The largest absolute Gasteiger partial charge is 0.461 e. The first-order valence-electron chi connectivity index (χ1n) is 7.65. The third kappa shape index (κ3) is 3.02. The molecule has 0 unspecified atom stereocenters. The van der Waals surface area contributed by atoms with E-state index in [1.807, 2.05) is 40.1 Å². The lowest BCUT2D eigenvalue weighted by molar-refractivity contribution is 0.105. The molecule has 2 heterocycles. The first-order valence-corrected chi connectivity index (χ1v) is 7.65. The van der Waals surface area contributed by atoms with Crippen molar-refractivity contribution in [1.29, 1.82) is 0 Å². The molecule has 3 aromatic rings. The Hall–Kier alpha value is -2.11. The molecule has 0 spiro atoms. The van der Waals surface area contributed by atoms with Crippen LogP contribution < -0.4 is 5.63 Å². The number of nitrogens with zero attached hydrogens (tertiary/aromatic N) is 1. The molecular weight excluding hydrogens is 294 g/mol. The SMILES string of the molecule is Cc1oc2ccc3c(C)cc(=O)oc3c2c1COCCN(C)C. The zero-order valence-electron chi connectivity index (χ0n) is 13.9. The van der Waals surface area contributed by atoms with E-state index >= 15 is 0 Å². The van der Waals surface area contributed by atoms with Gasteiger partial charge in [-0.2, -0.15) is 0 Å². The zero-order chi connectivity index (χ0) is 16.6. The van der Waals surface area contributed by atoms with Crippen molar-refractivity contribution in [3.05, 3.63) is 45.5 Å². The second-order valence-electron chi connectivity index (χ2n) is 6.06. The highest BCUT2D eigenvalue weighted by Crippen LogP contribution is 2.33. The van der Waals surface area contributed by atoms with Crippen LogP contribution in [-0.4, -0.2) is 32.1 Å². The fourth-order valence-electron chi connectivity index (χ4n) is 2.73. The number of fused-ring (bicyclic) bond motifs is 3. The maximum Gasteiger partial charge on any atom is 0.336 e. The Morgan fingerprint density at radius 3 is 2.70 bits per heavy atom. The standard InChI is InChI=1S/C18H21NO4/c1-11-9-16(20)23-18-13(11)5-6-15-17(18)14(12(2)22-15)10-21-8-7-19(3)4/h5-6,9H,7-8,10H2,1-4H3. The number of likely N-dealkylation sites (N-methyl/N-ethyl adjacent to an activating group) is 1. The minimum atomic E-state index is -0.346. The number of furan rings is 1. The molecule has 0 saturated heterocycles. The average molecular weight is 315 g/mol. The zero-order valence-corrected chi connectivity index (χ0v) is 13.9. The van der Waals surface area contributed by atoms with Gasteiger partial charge >= 0.3 is 5.63 Å². The van der Waals surface area contributed by atoms with E-state index in [0.29, 0.717) is 18.8 Å². The molecule has 5 nitrogen and oxygen atoms in total. The van der Waals surface area contributed by atoms with Gasteiger partial charge in [-0.25, -0.2) is 4.79 Å². The van der Waals surface area contributed by atoms with E-state index in [2.05, 4.69) is 4.90 Å². The molecule has 0 bridgehead atoms. The van der Waals surface area contributed by atoms with Gasteiger partial charge in [-0.3, -0.25) is 0 Å². The first kappa shape index (κ1) is 15.8. The number of ether oxygens (including phenoxy) is 1. The summed E-state index contributed by atoms with van der Waals surface area (Å²) >= 11 is 0. The molecular formula is C18H21NO4. The fourth-order valence-corrected chi connectivity index (χ4v) is 2.73. The summed E-state index contributed by atoms with van der Waals surface area (Å²) in [6, 6.07) is 5.35. The number of rotatable bonds is 5. The van der Waals surface area contributed by atoms with Gasteiger partial charge in [0.1, 0.15) is 16.9 Å². The maximum atomic E-state index is 11.8. The summed E-state index contributed by atoms with van der Waals surface area (Å²) in [6.45, 7) is 5.73. The monoisotopic (exact) mass is 315 g/mol. The van der Waals surface area contributed by atoms with Crippen molar-refractivity contribution in [3.8, 4) is 0 Å². The van der Waals surface area contributed by atoms with Crippen molar-refractivity contribution in [2.45, 2.75) is 20.5 Å². The molecule has 0 radical (unpaired) electrons. The summed E-state index contributed by atoms with van der Waals surface area (Å²) < 4.78 is 17.1. The molecule has 0 amide bonds. The van der Waals surface area contributed by atoms with Crippen LogP contribution in [0, 0.1) is 13.8 Å². The van der Waals surface area contributed by atoms with Crippen LogP contribution in [0.3, 0.4) is 0 Å². The maximum absolute atomic E-state index is 11.8. The van der Waals surface area contributed by atoms with Gasteiger partial charge in [0, 0.05) is 23.6 Å². The van der Waals surface area contributed by atoms with Gasteiger partial charge in [0.2, 0.25) is 0 Å². The molecule has 0 fully saturated rings. The highest BCUT2D eigenvalue weighted by Gasteiger charge is 2.17. The molecule has 0 aliphatic heterocycles. The molecule has 0 atom stereocenters. The van der Waals surface area contributed by atoms with Crippen molar-refractivity contribution in [2.75, 3.05) is 27.2 Å². The minimum Gasteiger partial charge on any atom is -0.461 e. The Morgan fingerprint density at radius 1 is 1.17 bits per heavy atom. The molecule has 2 aromatic heterocycles. The van der Waals surface area contributed by atoms with Gasteiger partial charge in [-0.05, 0) is 45.6 Å².